The van der Waals surface area contributed by atoms with Crippen LogP contribution in [0.5, 0.6) is 0 Å². The summed E-state index contributed by atoms with van der Waals surface area (Å²) in [5, 5.41) is 9.79. The molecule has 18 heavy (non-hydrogen) atoms. The third-order valence-corrected chi connectivity index (χ3v) is 2.93. The lowest BCUT2D eigenvalue weighted by atomic mass is 10.3. The Hall–Kier alpha value is -1.39. The van der Waals surface area contributed by atoms with E-state index in [1.54, 1.807) is 6.92 Å². The van der Waals surface area contributed by atoms with Crippen LogP contribution in [0.2, 0.25) is 0 Å². The highest BCUT2D eigenvalue weighted by molar-refractivity contribution is 5.75. The number of rotatable bonds is 6. The molecule has 98 valence electrons. The van der Waals surface area contributed by atoms with Crippen molar-refractivity contribution in [2.24, 2.45) is 0 Å². The summed E-state index contributed by atoms with van der Waals surface area (Å²) in [5.41, 5.74) is 2.01. The fraction of sp³-hybridized carbons (Fsp3) is 0.500. The molecular weight excluding hydrogens is 228 g/mol. The van der Waals surface area contributed by atoms with Crippen LogP contribution in [0.25, 0.3) is 11.0 Å². The molecule has 4 heteroatoms. The number of para-hydroxylation sites is 2. The van der Waals surface area contributed by atoms with Gasteiger partial charge < -0.3 is 14.4 Å². The Morgan fingerprint density at radius 3 is 2.89 bits per heavy atom. The van der Waals surface area contributed by atoms with Crippen molar-refractivity contribution in [3.8, 4) is 0 Å². The van der Waals surface area contributed by atoms with Crippen LogP contribution in [0.4, 0.5) is 0 Å². The van der Waals surface area contributed by atoms with E-state index >= 15 is 0 Å². The van der Waals surface area contributed by atoms with Crippen molar-refractivity contribution in [3.63, 3.8) is 0 Å². The summed E-state index contributed by atoms with van der Waals surface area (Å²) in [5.74, 6) is 0.729. The zero-order valence-electron chi connectivity index (χ0n) is 11.0. The fourth-order valence-corrected chi connectivity index (χ4v) is 2.12. The maximum absolute atomic E-state index is 9.79. The second-order valence-electron chi connectivity index (χ2n) is 4.34. The quantitative estimate of drug-likeness (QED) is 0.799. The molecule has 2 aromatic rings. The van der Waals surface area contributed by atoms with Gasteiger partial charge in [0.25, 0.3) is 0 Å². The molecule has 0 aliphatic heterocycles. The lowest BCUT2D eigenvalue weighted by molar-refractivity contribution is 0.139. The average Bonchev–Trinajstić information content (AvgIpc) is 2.74. The van der Waals surface area contributed by atoms with Gasteiger partial charge in [0.1, 0.15) is 11.9 Å². The van der Waals surface area contributed by atoms with Crippen molar-refractivity contribution < 1.29 is 9.84 Å². The van der Waals surface area contributed by atoms with Crippen molar-refractivity contribution in [3.05, 3.63) is 30.1 Å². The van der Waals surface area contributed by atoms with Gasteiger partial charge in [-0.05, 0) is 32.4 Å². The number of ether oxygens (including phenoxy) is 1. The van der Waals surface area contributed by atoms with Crippen molar-refractivity contribution >= 4 is 11.0 Å². The van der Waals surface area contributed by atoms with Crippen LogP contribution in [0.1, 0.15) is 32.2 Å². The summed E-state index contributed by atoms with van der Waals surface area (Å²) in [7, 11) is 0. The number of imidazole rings is 1. The van der Waals surface area contributed by atoms with Gasteiger partial charge in [-0.2, -0.15) is 0 Å². The monoisotopic (exact) mass is 248 g/mol. The van der Waals surface area contributed by atoms with Gasteiger partial charge in [0.15, 0.2) is 0 Å². The number of aliphatic hydroxyl groups is 1. The molecule has 0 spiro atoms. The summed E-state index contributed by atoms with van der Waals surface area (Å²) >= 11 is 0. The topological polar surface area (TPSA) is 47.3 Å². The molecule has 0 amide bonds. The number of aliphatic hydroxyl groups excluding tert-OH is 1. The van der Waals surface area contributed by atoms with Crippen molar-refractivity contribution in [2.45, 2.75) is 32.9 Å². The standard InChI is InChI=1S/C14H20N2O2/c1-3-18-10-6-9-16-13-8-5-4-7-12(13)15-14(16)11(2)17/h4-5,7-8,11,17H,3,6,9-10H2,1-2H3. The van der Waals surface area contributed by atoms with Gasteiger partial charge in [0, 0.05) is 19.8 Å². The molecule has 4 nitrogen and oxygen atoms in total. The van der Waals surface area contributed by atoms with Crippen LogP contribution < -0.4 is 0 Å². The van der Waals surface area contributed by atoms with E-state index in [4.69, 9.17) is 4.74 Å². The van der Waals surface area contributed by atoms with E-state index in [0.29, 0.717) is 0 Å². The van der Waals surface area contributed by atoms with E-state index in [2.05, 4.69) is 9.55 Å². The minimum Gasteiger partial charge on any atom is -0.385 e. The van der Waals surface area contributed by atoms with Gasteiger partial charge >= 0.3 is 0 Å². The molecule has 1 N–H and O–H groups in total. The number of hydrogen-bond acceptors (Lipinski definition) is 3. The fourth-order valence-electron chi connectivity index (χ4n) is 2.12. The molecule has 0 saturated heterocycles. The summed E-state index contributed by atoms with van der Waals surface area (Å²) in [6, 6.07) is 7.97. The molecule has 0 aliphatic rings. The molecule has 0 saturated carbocycles. The van der Waals surface area contributed by atoms with Gasteiger partial charge in [0.2, 0.25) is 0 Å². The highest BCUT2D eigenvalue weighted by atomic mass is 16.5. The summed E-state index contributed by atoms with van der Waals surface area (Å²) < 4.78 is 7.43. The van der Waals surface area contributed by atoms with Crippen molar-refractivity contribution in [1.29, 1.82) is 0 Å². The Balaban J connectivity index is 2.24. The predicted octanol–water partition coefficient (Wildman–Crippen LogP) is 2.52. The van der Waals surface area contributed by atoms with Crippen LogP contribution in [0.3, 0.4) is 0 Å². The third-order valence-electron chi connectivity index (χ3n) is 2.93. The van der Waals surface area contributed by atoms with E-state index in [-0.39, 0.29) is 0 Å². The summed E-state index contributed by atoms with van der Waals surface area (Å²) in [6.07, 6.45) is 0.373. The number of benzene rings is 1. The van der Waals surface area contributed by atoms with E-state index < -0.39 is 6.10 Å². The number of aromatic nitrogens is 2. The number of nitrogens with zero attached hydrogens (tertiary/aromatic N) is 2. The summed E-state index contributed by atoms with van der Waals surface area (Å²) in [4.78, 5) is 4.48. The zero-order chi connectivity index (χ0) is 13.0. The largest absolute Gasteiger partial charge is 0.385 e. The van der Waals surface area contributed by atoms with Gasteiger partial charge in [-0.25, -0.2) is 4.98 Å². The minimum absolute atomic E-state index is 0.551. The Morgan fingerprint density at radius 1 is 1.39 bits per heavy atom. The SMILES string of the molecule is CCOCCCn1c(C(C)O)nc2ccccc21. The average molecular weight is 248 g/mol. The molecule has 1 unspecified atom stereocenters. The normalized spacial score (nSPS) is 13.1. The Kier molecular flexibility index (Phi) is 4.33. The van der Waals surface area contributed by atoms with Crippen LogP contribution in [0.15, 0.2) is 24.3 Å². The Morgan fingerprint density at radius 2 is 2.17 bits per heavy atom. The molecule has 0 aliphatic carbocycles. The Labute approximate surface area is 107 Å². The molecule has 1 aromatic carbocycles. The molecule has 2 rings (SSSR count). The number of hydrogen-bond donors (Lipinski definition) is 1. The first-order valence-corrected chi connectivity index (χ1v) is 6.45. The predicted molar refractivity (Wildman–Crippen MR) is 71.5 cm³/mol. The highest BCUT2D eigenvalue weighted by Crippen LogP contribution is 2.20. The third kappa shape index (κ3) is 2.71. The lowest BCUT2D eigenvalue weighted by Crippen LogP contribution is -2.09. The maximum atomic E-state index is 9.79. The number of fused-ring (bicyclic) bond motifs is 1. The maximum Gasteiger partial charge on any atom is 0.138 e. The molecule has 0 bridgehead atoms. The Bertz CT molecular complexity index is 505. The lowest BCUT2D eigenvalue weighted by Gasteiger charge is -2.10. The molecule has 1 atom stereocenters. The number of aryl methyl sites for hydroxylation is 1. The molecule has 0 fully saturated rings. The van der Waals surface area contributed by atoms with E-state index in [0.717, 1.165) is 43.0 Å². The first-order chi connectivity index (χ1) is 8.74. The first-order valence-electron chi connectivity index (χ1n) is 6.45. The zero-order valence-corrected chi connectivity index (χ0v) is 11.0. The van der Waals surface area contributed by atoms with E-state index in [1.165, 1.54) is 0 Å². The van der Waals surface area contributed by atoms with Gasteiger partial charge in [0.05, 0.1) is 11.0 Å². The van der Waals surface area contributed by atoms with E-state index in [9.17, 15) is 5.11 Å². The molecule has 0 radical (unpaired) electrons. The van der Waals surface area contributed by atoms with Gasteiger partial charge in [-0.1, -0.05) is 12.1 Å². The molecule has 1 heterocycles. The van der Waals surface area contributed by atoms with Crippen LogP contribution in [-0.2, 0) is 11.3 Å². The van der Waals surface area contributed by atoms with Crippen molar-refractivity contribution in [1.82, 2.24) is 9.55 Å². The molecular formula is C14H20N2O2. The van der Waals surface area contributed by atoms with Crippen LogP contribution >= 0.6 is 0 Å². The van der Waals surface area contributed by atoms with Gasteiger partial charge in [-0.15, -0.1) is 0 Å². The van der Waals surface area contributed by atoms with E-state index in [1.807, 2.05) is 31.2 Å². The minimum atomic E-state index is -0.551. The molecule has 1 aromatic heterocycles. The smallest absolute Gasteiger partial charge is 0.138 e. The van der Waals surface area contributed by atoms with Crippen LogP contribution in [0, 0.1) is 0 Å². The highest BCUT2D eigenvalue weighted by Gasteiger charge is 2.13. The van der Waals surface area contributed by atoms with Crippen molar-refractivity contribution in [2.75, 3.05) is 13.2 Å². The summed E-state index contributed by atoms with van der Waals surface area (Å²) in [6.45, 7) is 6.05. The van der Waals surface area contributed by atoms with Gasteiger partial charge in [-0.3, -0.25) is 0 Å². The van der Waals surface area contributed by atoms with Crippen LogP contribution in [-0.4, -0.2) is 27.9 Å². The first kappa shape index (κ1) is 13.1. The second kappa shape index (κ2) is 5.98. The second-order valence-corrected chi connectivity index (χ2v) is 4.34.